The van der Waals surface area contributed by atoms with E-state index in [1.54, 1.807) is 0 Å². The molecule has 0 aliphatic carbocycles. The minimum atomic E-state index is 0.290. The third-order valence-electron chi connectivity index (χ3n) is 2.98. The second-order valence-corrected chi connectivity index (χ2v) is 4.08. The van der Waals surface area contributed by atoms with Gasteiger partial charge in [-0.1, -0.05) is 36.4 Å². The highest BCUT2D eigenvalue weighted by Crippen LogP contribution is 2.20. The highest BCUT2D eigenvalue weighted by atomic mass is 16.5. The Kier molecular flexibility index (Phi) is 2.60. The van der Waals surface area contributed by atoms with Gasteiger partial charge in [0.1, 0.15) is 0 Å². The number of morpholine rings is 1. The summed E-state index contributed by atoms with van der Waals surface area (Å²) < 4.78 is 5.47. The van der Waals surface area contributed by atoms with Crippen molar-refractivity contribution in [3.8, 4) is 0 Å². The number of nitrogens with one attached hydrogen (secondary N) is 1. The minimum absolute atomic E-state index is 0.290. The smallest absolute Gasteiger partial charge is 0.0662 e. The summed E-state index contributed by atoms with van der Waals surface area (Å²) in [6, 6.07) is 16.3. The Labute approximate surface area is 95.2 Å². The third-order valence-corrected chi connectivity index (χ3v) is 2.98. The van der Waals surface area contributed by atoms with Crippen molar-refractivity contribution in [2.75, 3.05) is 19.8 Å². The molecule has 1 unspecified atom stereocenters. The summed E-state index contributed by atoms with van der Waals surface area (Å²) in [5.41, 5.74) is 1.19. The molecule has 1 radical (unpaired) electrons. The topological polar surface area (TPSA) is 21.3 Å². The highest BCUT2D eigenvalue weighted by molar-refractivity contribution is 5.82. The van der Waals surface area contributed by atoms with Gasteiger partial charge in [-0.15, -0.1) is 0 Å². The van der Waals surface area contributed by atoms with Crippen molar-refractivity contribution in [1.29, 1.82) is 0 Å². The summed E-state index contributed by atoms with van der Waals surface area (Å²) in [5, 5.41) is 5.86. The molecule has 0 saturated carbocycles. The molecule has 1 aliphatic heterocycles. The zero-order chi connectivity index (χ0) is 10.8. The van der Waals surface area contributed by atoms with Gasteiger partial charge in [0, 0.05) is 6.54 Å². The van der Waals surface area contributed by atoms with E-state index in [0.29, 0.717) is 6.04 Å². The lowest BCUT2D eigenvalue weighted by Gasteiger charge is -2.24. The molecule has 1 saturated heterocycles. The summed E-state index contributed by atoms with van der Waals surface area (Å²) in [6.07, 6.45) is 0. The van der Waals surface area contributed by atoms with E-state index in [2.05, 4.69) is 41.7 Å². The lowest BCUT2D eigenvalue weighted by Crippen LogP contribution is -2.34. The van der Waals surface area contributed by atoms with Crippen LogP contribution in [0.2, 0.25) is 0 Å². The molecule has 0 amide bonds. The maximum atomic E-state index is 5.47. The molecule has 16 heavy (non-hydrogen) atoms. The van der Waals surface area contributed by atoms with Crippen LogP contribution in [0.25, 0.3) is 10.8 Å². The van der Waals surface area contributed by atoms with Crippen LogP contribution in [0.3, 0.4) is 0 Å². The van der Waals surface area contributed by atoms with Crippen molar-refractivity contribution >= 4 is 10.8 Å². The van der Waals surface area contributed by atoms with Gasteiger partial charge in [0.2, 0.25) is 0 Å². The summed E-state index contributed by atoms with van der Waals surface area (Å²) in [6.45, 7) is 2.48. The average molecular weight is 212 g/mol. The minimum Gasteiger partial charge on any atom is -0.378 e. The largest absolute Gasteiger partial charge is 0.378 e. The molecule has 1 atom stereocenters. The van der Waals surface area contributed by atoms with E-state index >= 15 is 0 Å². The second-order valence-electron chi connectivity index (χ2n) is 4.08. The molecule has 0 spiro atoms. The van der Waals surface area contributed by atoms with Crippen LogP contribution in [0.5, 0.6) is 0 Å². The lowest BCUT2D eigenvalue weighted by atomic mass is 10.0. The van der Waals surface area contributed by atoms with E-state index in [4.69, 9.17) is 4.74 Å². The Hall–Kier alpha value is -1.38. The van der Waals surface area contributed by atoms with Gasteiger partial charge in [0.25, 0.3) is 0 Å². The molecule has 0 bridgehead atoms. The molecule has 2 nitrogen and oxygen atoms in total. The first-order valence-corrected chi connectivity index (χ1v) is 5.65. The number of hydrogen-bond donors (Lipinski definition) is 1. The van der Waals surface area contributed by atoms with Crippen LogP contribution in [0.4, 0.5) is 0 Å². The number of hydrogen-bond acceptors (Lipinski definition) is 2. The van der Waals surface area contributed by atoms with Gasteiger partial charge in [-0.05, 0) is 22.4 Å². The van der Waals surface area contributed by atoms with Crippen LogP contribution >= 0.6 is 0 Å². The Morgan fingerprint density at radius 3 is 3.00 bits per heavy atom. The Balaban J connectivity index is 1.97. The molecular formula is C14H14NO. The van der Waals surface area contributed by atoms with E-state index < -0.39 is 0 Å². The average Bonchev–Trinajstić information content (AvgIpc) is 2.39. The van der Waals surface area contributed by atoms with Crippen LogP contribution in [0.1, 0.15) is 11.6 Å². The Bertz CT molecular complexity index is 489. The van der Waals surface area contributed by atoms with Gasteiger partial charge in [0.05, 0.1) is 19.3 Å². The Morgan fingerprint density at radius 1 is 1.19 bits per heavy atom. The van der Waals surface area contributed by atoms with Crippen LogP contribution < -0.4 is 5.32 Å². The van der Waals surface area contributed by atoms with Gasteiger partial charge < -0.3 is 10.1 Å². The van der Waals surface area contributed by atoms with Crippen molar-refractivity contribution in [3.05, 3.63) is 48.0 Å². The van der Waals surface area contributed by atoms with Gasteiger partial charge in [-0.2, -0.15) is 0 Å². The molecule has 2 aromatic carbocycles. The fraction of sp³-hybridized carbons (Fsp3) is 0.286. The summed E-state index contributed by atoms with van der Waals surface area (Å²) in [4.78, 5) is 0. The first-order valence-electron chi connectivity index (χ1n) is 5.65. The standard InChI is InChI=1S/C14H14NO/c1-2-4-12-9-13(6-5-11(12)3-1)14-10-16-8-7-15-14/h1-6,14-15H,7-8,10H2. The first kappa shape index (κ1) is 9.82. The van der Waals surface area contributed by atoms with E-state index in [9.17, 15) is 0 Å². The van der Waals surface area contributed by atoms with Crippen LogP contribution in [-0.2, 0) is 4.74 Å². The summed E-state index contributed by atoms with van der Waals surface area (Å²) in [5.74, 6) is 0. The van der Waals surface area contributed by atoms with Gasteiger partial charge >= 0.3 is 0 Å². The molecule has 1 N–H and O–H groups in total. The third kappa shape index (κ3) is 1.82. The van der Waals surface area contributed by atoms with Crippen molar-refractivity contribution in [3.63, 3.8) is 0 Å². The van der Waals surface area contributed by atoms with Gasteiger partial charge in [-0.25, -0.2) is 0 Å². The molecule has 1 fully saturated rings. The zero-order valence-corrected chi connectivity index (χ0v) is 9.07. The molecule has 3 rings (SSSR count). The maximum absolute atomic E-state index is 5.47. The summed E-state index contributed by atoms with van der Waals surface area (Å²) >= 11 is 0. The maximum Gasteiger partial charge on any atom is 0.0662 e. The molecule has 2 heteroatoms. The normalized spacial score (nSPS) is 21.1. The monoisotopic (exact) mass is 212 g/mol. The van der Waals surface area contributed by atoms with E-state index in [1.807, 2.05) is 6.07 Å². The molecule has 1 aliphatic rings. The van der Waals surface area contributed by atoms with Crippen LogP contribution in [-0.4, -0.2) is 19.8 Å². The Morgan fingerprint density at radius 2 is 2.12 bits per heavy atom. The molecule has 1 heterocycles. The van der Waals surface area contributed by atoms with Crippen LogP contribution in [0.15, 0.2) is 36.4 Å². The highest BCUT2D eigenvalue weighted by Gasteiger charge is 2.15. The number of fused-ring (bicyclic) bond motifs is 1. The van der Waals surface area contributed by atoms with Crippen molar-refractivity contribution in [2.45, 2.75) is 6.04 Å². The zero-order valence-electron chi connectivity index (χ0n) is 9.07. The summed E-state index contributed by atoms with van der Waals surface area (Å²) in [7, 11) is 0. The number of benzene rings is 2. The van der Waals surface area contributed by atoms with Crippen molar-refractivity contribution in [1.82, 2.24) is 5.32 Å². The molecular weight excluding hydrogens is 198 g/mol. The fourth-order valence-corrected chi connectivity index (χ4v) is 2.10. The van der Waals surface area contributed by atoms with Crippen molar-refractivity contribution in [2.24, 2.45) is 0 Å². The quantitative estimate of drug-likeness (QED) is 0.783. The number of rotatable bonds is 1. The predicted molar refractivity (Wildman–Crippen MR) is 64.3 cm³/mol. The SMILES string of the molecule is [c]1c(C2COCCN2)ccc2ccccc12. The second kappa shape index (κ2) is 4.24. The van der Waals surface area contributed by atoms with Crippen LogP contribution in [0, 0.1) is 6.07 Å². The molecule has 2 aromatic rings. The van der Waals surface area contributed by atoms with Gasteiger partial charge in [-0.3, -0.25) is 0 Å². The van der Waals surface area contributed by atoms with Crippen molar-refractivity contribution < 1.29 is 4.74 Å². The lowest BCUT2D eigenvalue weighted by molar-refractivity contribution is 0.0768. The molecule has 0 aromatic heterocycles. The van der Waals surface area contributed by atoms with E-state index in [1.165, 1.54) is 16.3 Å². The van der Waals surface area contributed by atoms with E-state index in [0.717, 1.165) is 19.8 Å². The fourth-order valence-electron chi connectivity index (χ4n) is 2.10. The number of ether oxygens (including phenoxy) is 1. The predicted octanol–water partition coefficient (Wildman–Crippen LogP) is 2.30. The molecule has 81 valence electrons. The van der Waals surface area contributed by atoms with E-state index in [-0.39, 0.29) is 0 Å². The van der Waals surface area contributed by atoms with Gasteiger partial charge in [0.15, 0.2) is 0 Å². The first-order chi connectivity index (χ1) is 7.93.